The molecule has 2 aromatic rings. The summed E-state index contributed by atoms with van der Waals surface area (Å²) >= 11 is 0. The van der Waals surface area contributed by atoms with Crippen molar-refractivity contribution in [3.63, 3.8) is 0 Å². The van der Waals surface area contributed by atoms with Gasteiger partial charge < -0.3 is 19.7 Å². The maximum atomic E-state index is 12.5. The summed E-state index contributed by atoms with van der Waals surface area (Å²) in [4.78, 5) is 19.5. The smallest absolute Gasteiger partial charge is 0.228 e. The van der Waals surface area contributed by atoms with Gasteiger partial charge in [0.15, 0.2) is 0 Å². The number of ether oxygens (including phenoxy) is 2. The topological polar surface area (TPSA) is 63.7 Å². The van der Waals surface area contributed by atoms with Gasteiger partial charge in [0.05, 0.1) is 38.1 Å². The molecule has 0 spiro atoms. The Morgan fingerprint density at radius 2 is 1.93 bits per heavy atom. The number of nitrogens with zero attached hydrogens (tertiary/aromatic N) is 2. The van der Waals surface area contributed by atoms with Crippen LogP contribution < -0.4 is 15.0 Å². The zero-order chi connectivity index (χ0) is 19.4. The quantitative estimate of drug-likeness (QED) is 0.878. The van der Waals surface area contributed by atoms with Gasteiger partial charge in [0.25, 0.3) is 0 Å². The van der Waals surface area contributed by atoms with Crippen molar-refractivity contribution in [1.29, 1.82) is 0 Å². The number of hydrogen-bond acceptors (Lipinski definition) is 5. The fourth-order valence-corrected chi connectivity index (χ4v) is 3.37. The van der Waals surface area contributed by atoms with Crippen molar-refractivity contribution in [2.45, 2.75) is 27.2 Å². The van der Waals surface area contributed by atoms with Crippen molar-refractivity contribution in [3.8, 4) is 5.75 Å². The lowest BCUT2D eigenvalue weighted by Crippen LogP contribution is -2.37. The van der Waals surface area contributed by atoms with Crippen molar-refractivity contribution >= 4 is 17.4 Å². The maximum Gasteiger partial charge on any atom is 0.228 e. The number of carbonyl (C=O) groups excluding carboxylic acids is 1. The molecule has 0 atom stereocenters. The van der Waals surface area contributed by atoms with E-state index in [4.69, 9.17) is 14.5 Å². The number of methoxy groups -OCH3 is 1. The third-order valence-corrected chi connectivity index (χ3v) is 4.81. The lowest BCUT2D eigenvalue weighted by Gasteiger charge is -2.28. The summed E-state index contributed by atoms with van der Waals surface area (Å²) in [6.45, 7) is 9.04. The van der Waals surface area contributed by atoms with Crippen LogP contribution in [0, 0.1) is 20.8 Å². The number of nitrogens with one attached hydrogen (secondary N) is 1. The van der Waals surface area contributed by atoms with Gasteiger partial charge >= 0.3 is 0 Å². The second-order valence-electron chi connectivity index (χ2n) is 6.89. The Kier molecular flexibility index (Phi) is 5.96. The summed E-state index contributed by atoms with van der Waals surface area (Å²) < 4.78 is 10.7. The van der Waals surface area contributed by atoms with Crippen LogP contribution in [0.5, 0.6) is 5.75 Å². The molecule has 0 unspecified atom stereocenters. The summed E-state index contributed by atoms with van der Waals surface area (Å²) in [5, 5.41) is 3.03. The highest BCUT2D eigenvalue weighted by Crippen LogP contribution is 2.25. The summed E-state index contributed by atoms with van der Waals surface area (Å²) in [6, 6.07) is 7.83. The number of anilines is 2. The van der Waals surface area contributed by atoms with Crippen molar-refractivity contribution in [2.75, 3.05) is 43.6 Å². The standard InChI is InChI=1S/C21H27N3O3/c1-14-11-17(5-6-18(14)26-4)13-20(25)23-21-15(2)12-19(22-16(21)3)24-7-9-27-10-8-24/h5-6,11-12H,7-10,13H2,1-4H3,(H,23,25). The molecule has 0 saturated carbocycles. The highest BCUT2D eigenvalue weighted by Gasteiger charge is 2.16. The molecule has 6 heteroatoms. The third-order valence-electron chi connectivity index (χ3n) is 4.81. The normalized spacial score (nSPS) is 14.1. The van der Waals surface area contributed by atoms with E-state index in [-0.39, 0.29) is 5.91 Å². The predicted octanol–water partition coefficient (Wildman–Crippen LogP) is 3.03. The van der Waals surface area contributed by atoms with Gasteiger partial charge in [-0.15, -0.1) is 0 Å². The lowest BCUT2D eigenvalue weighted by atomic mass is 10.1. The Bertz CT molecular complexity index is 806. The molecule has 0 radical (unpaired) electrons. The highest BCUT2D eigenvalue weighted by atomic mass is 16.5. The molecule has 2 heterocycles. The number of aromatic nitrogens is 1. The van der Waals surface area contributed by atoms with Crippen LogP contribution in [0.3, 0.4) is 0 Å². The third kappa shape index (κ3) is 4.57. The van der Waals surface area contributed by atoms with Gasteiger partial charge in [0.1, 0.15) is 11.6 Å². The molecule has 6 nitrogen and oxygen atoms in total. The van der Waals surface area contributed by atoms with E-state index in [1.165, 1.54) is 0 Å². The second-order valence-corrected chi connectivity index (χ2v) is 6.89. The van der Waals surface area contributed by atoms with E-state index in [1.807, 2.05) is 45.0 Å². The van der Waals surface area contributed by atoms with Crippen LogP contribution >= 0.6 is 0 Å². The zero-order valence-electron chi connectivity index (χ0n) is 16.5. The summed E-state index contributed by atoms with van der Waals surface area (Å²) in [5.74, 6) is 1.72. The van der Waals surface area contributed by atoms with Gasteiger partial charge in [-0.1, -0.05) is 12.1 Å². The maximum absolute atomic E-state index is 12.5. The fraction of sp³-hybridized carbons (Fsp3) is 0.429. The second kappa shape index (κ2) is 8.39. The van der Waals surface area contributed by atoms with Crippen molar-refractivity contribution in [2.24, 2.45) is 0 Å². The number of hydrogen-bond donors (Lipinski definition) is 1. The van der Waals surface area contributed by atoms with Gasteiger partial charge in [0, 0.05) is 13.1 Å². The minimum Gasteiger partial charge on any atom is -0.496 e. The van der Waals surface area contributed by atoms with E-state index in [0.717, 1.165) is 65.9 Å². The van der Waals surface area contributed by atoms with Crippen molar-refractivity contribution in [1.82, 2.24) is 4.98 Å². The van der Waals surface area contributed by atoms with Crippen molar-refractivity contribution < 1.29 is 14.3 Å². The number of aryl methyl sites for hydroxylation is 3. The Balaban J connectivity index is 1.71. The molecule has 27 heavy (non-hydrogen) atoms. The summed E-state index contributed by atoms with van der Waals surface area (Å²) in [7, 11) is 1.65. The van der Waals surface area contributed by atoms with Gasteiger partial charge in [-0.2, -0.15) is 0 Å². The van der Waals surface area contributed by atoms with Gasteiger partial charge in [-0.25, -0.2) is 4.98 Å². The molecule has 0 bridgehead atoms. The Morgan fingerprint density at radius 3 is 2.56 bits per heavy atom. The van der Waals surface area contributed by atoms with Gasteiger partial charge in [-0.3, -0.25) is 4.79 Å². The number of amides is 1. The van der Waals surface area contributed by atoms with E-state index >= 15 is 0 Å². The zero-order valence-corrected chi connectivity index (χ0v) is 16.5. The molecule has 1 N–H and O–H groups in total. The van der Waals surface area contributed by atoms with E-state index < -0.39 is 0 Å². The van der Waals surface area contributed by atoms with Crippen LogP contribution in [-0.4, -0.2) is 44.3 Å². The minimum atomic E-state index is -0.0494. The molecule has 144 valence electrons. The Hall–Kier alpha value is -2.60. The Morgan fingerprint density at radius 1 is 1.19 bits per heavy atom. The molecule has 1 aromatic carbocycles. The van der Waals surface area contributed by atoms with Crippen LogP contribution in [0.1, 0.15) is 22.4 Å². The van der Waals surface area contributed by atoms with Crippen LogP contribution in [0.15, 0.2) is 24.3 Å². The molecule has 1 saturated heterocycles. The molecular weight excluding hydrogens is 342 g/mol. The first-order chi connectivity index (χ1) is 13.0. The minimum absolute atomic E-state index is 0.0494. The number of carbonyl (C=O) groups is 1. The van der Waals surface area contributed by atoms with Gasteiger partial charge in [-0.05, 0) is 49.6 Å². The fourth-order valence-electron chi connectivity index (χ4n) is 3.37. The average Bonchev–Trinajstić information content (AvgIpc) is 2.65. The first-order valence-corrected chi connectivity index (χ1v) is 9.22. The van der Waals surface area contributed by atoms with Crippen LogP contribution in [0.4, 0.5) is 11.5 Å². The lowest BCUT2D eigenvalue weighted by molar-refractivity contribution is -0.115. The van der Waals surface area contributed by atoms with Gasteiger partial charge in [0.2, 0.25) is 5.91 Å². The first-order valence-electron chi connectivity index (χ1n) is 9.22. The molecule has 1 amide bonds. The number of morpholine rings is 1. The molecule has 0 aliphatic carbocycles. The van der Waals surface area contributed by atoms with E-state index in [1.54, 1.807) is 7.11 Å². The molecule has 3 rings (SSSR count). The number of benzene rings is 1. The molecule has 1 aliphatic heterocycles. The average molecular weight is 369 g/mol. The molecular formula is C21H27N3O3. The van der Waals surface area contributed by atoms with E-state index in [0.29, 0.717) is 6.42 Å². The molecule has 1 aliphatic rings. The number of pyridine rings is 1. The van der Waals surface area contributed by atoms with Crippen molar-refractivity contribution in [3.05, 3.63) is 46.6 Å². The van der Waals surface area contributed by atoms with Crippen LogP contribution in [0.25, 0.3) is 0 Å². The monoisotopic (exact) mass is 369 g/mol. The largest absolute Gasteiger partial charge is 0.496 e. The number of rotatable bonds is 5. The predicted molar refractivity (Wildman–Crippen MR) is 107 cm³/mol. The van der Waals surface area contributed by atoms with E-state index in [2.05, 4.69) is 10.2 Å². The summed E-state index contributed by atoms with van der Waals surface area (Å²) in [5.41, 5.74) is 4.62. The summed E-state index contributed by atoms with van der Waals surface area (Å²) in [6.07, 6.45) is 0.314. The first kappa shape index (κ1) is 19.2. The highest BCUT2D eigenvalue weighted by molar-refractivity contribution is 5.93. The molecule has 1 fully saturated rings. The Labute approximate surface area is 160 Å². The van der Waals surface area contributed by atoms with E-state index in [9.17, 15) is 4.79 Å². The SMILES string of the molecule is COc1ccc(CC(=O)Nc2c(C)cc(N3CCOCC3)nc2C)cc1C. The van der Waals surface area contributed by atoms with Crippen LogP contribution in [0.2, 0.25) is 0 Å². The van der Waals surface area contributed by atoms with Crippen LogP contribution in [-0.2, 0) is 16.0 Å². The molecule has 1 aromatic heterocycles.